The molecule has 3 aromatic rings. The van der Waals surface area contributed by atoms with Gasteiger partial charge in [-0.1, -0.05) is 36.4 Å². The molecule has 0 saturated carbocycles. The van der Waals surface area contributed by atoms with Gasteiger partial charge in [-0.3, -0.25) is 0 Å². The van der Waals surface area contributed by atoms with E-state index in [1.807, 2.05) is 43.4 Å². The summed E-state index contributed by atoms with van der Waals surface area (Å²) in [5.74, 6) is 1.04. The molecule has 0 amide bonds. The Bertz CT molecular complexity index is 684. The number of benzene rings is 2. The largest absolute Gasteiger partial charge is 0.397 e. The first-order chi connectivity index (χ1) is 8.75. The smallest absolute Gasteiger partial charge is 0.114 e. The highest BCUT2D eigenvalue weighted by atomic mass is 15.1. The molecule has 1 heterocycles. The van der Waals surface area contributed by atoms with Crippen LogP contribution in [0.1, 0.15) is 11.4 Å². The molecule has 0 spiro atoms. The van der Waals surface area contributed by atoms with E-state index in [-0.39, 0.29) is 0 Å². The zero-order valence-electron chi connectivity index (χ0n) is 10.3. The number of aromatic nitrogens is 2. The van der Waals surface area contributed by atoms with Crippen LogP contribution in [0.25, 0.3) is 11.0 Å². The van der Waals surface area contributed by atoms with Gasteiger partial charge in [0.2, 0.25) is 0 Å². The summed E-state index contributed by atoms with van der Waals surface area (Å²) >= 11 is 0. The van der Waals surface area contributed by atoms with E-state index in [0.29, 0.717) is 0 Å². The van der Waals surface area contributed by atoms with Crippen molar-refractivity contribution >= 4 is 16.7 Å². The first-order valence-corrected chi connectivity index (χ1v) is 5.99. The van der Waals surface area contributed by atoms with Crippen molar-refractivity contribution in [1.82, 2.24) is 9.55 Å². The lowest BCUT2D eigenvalue weighted by Crippen LogP contribution is -1.98. The van der Waals surface area contributed by atoms with Crippen LogP contribution >= 0.6 is 0 Å². The average Bonchev–Trinajstić information content (AvgIpc) is 2.70. The molecule has 0 aliphatic rings. The van der Waals surface area contributed by atoms with E-state index in [1.54, 1.807) is 0 Å². The van der Waals surface area contributed by atoms with Gasteiger partial charge in [0, 0.05) is 13.5 Å². The second-order valence-electron chi connectivity index (χ2n) is 4.46. The molecule has 3 rings (SSSR count). The maximum atomic E-state index is 5.96. The van der Waals surface area contributed by atoms with Gasteiger partial charge in [0.05, 0.1) is 11.2 Å². The monoisotopic (exact) mass is 237 g/mol. The van der Waals surface area contributed by atoms with E-state index in [2.05, 4.69) is 21.7 Å². The van der Waals surface area contributed by atoms with Crippen LogP contribution in [0.5, 0.6) is 0 Å². The van der Waals surface area contributed by atoms with Crippen LogP contribution in [-0.4, -0.2) is 9.55 Å². The first kappa shape index (κ1) is 10.8. The van der Waals surface area contributed by atoms with Gasteiger partial charge in [-0.05, 0) is 17.7 Å². The van der Waals surface area contributed by atoms with E-state index < -0.39 is 0 Å². The molecule has 3 heteroatoms. The molecule has 0 bridgehead atoms. The summed E-state index contributed by atoms with van der Waals surface area (Å²) in [6.45, 7) is 0. The third-order valence-electron chi connectivity index (χ3n) is 3.24. The molecular weight excluding hydrogens is 222 g/mol. The van der Waals surface area contributed by atoms with Crippen molar-refractivity contribution in [3.05, 3.63) is 59.9 Å². The summed E-state index contributed by atoms with van der Waals surface area (Å²) in [4.78, 5) is 4.65. The number of para-hydroxylation sites is 1. The summed E-state index contributed by atoms with van der Waals surface area (Å²) in [7, 11) is 2.03. The van der Waals surface area contributed by atoms with E-state index >= 15 is 0 Å². The topological polar surface area (TPSA) is 43.8 Å². The van der Waals surface area contributed by atoms with Crippen molar-refractivity contribution < 1.29 is 0 Å². The highest BCUT2D eigenvalue weighted by molar-refractivity contribution is 5.87. The number of nitrogen functional groups attached to an aromatic ring is 1. The number of rotatable bonds is 2. The van der Waals surface area contributed by atoms with Crippen molar-refractivity contribution in [2.24, 2.45) is 7.05 Å². The number of fused-ring (bicyclic) bond motifs is 1. The molecular formula is C15H15N3. The third kappa shape index (κ3) is 1.74. The molecule has 0 fully saturated rings. The van der Waals surface area contributed by atoms with Crippen LogP contribution in [0.2, 0.25) is 0 Å². The van der Waals surface area contributed by atoms with Gasteiger partial charge in [0.15, 0.2) is 0 Å². The summed E-state index contributed by atoms with van der Waals surface area (Å²) in [5, 5.41) is 0. The minimum Gasteiger partial charge on any atom is -0.397 e. The molecule has 2 aromatic carbocycles. The number of nitrogens with two attached hydrogens (primary N) is 1. The van der Waals surface area contributed by atoms with Crippen LogP contribution in [-0.2, 0) is 13.5 Å². The molecule has 2 N–H and O–H groups in total. The van der Waals surface area contributed by atoms with Crippen molar-refractivity contribution in [1.29, 1.82) is 0 Å². The number of hydrogen-bond donors (Lipinski definition) is 1. The maximum absolute atomic E-state index is 5.96. The Labute approximate surface area is 106 Å². The van der Waals surface area contributed by atoms with Crippen LogP contribution in [0, 0.1) is 0 Å². The standard InChI is InChI=1S/C15H15N3/c1-18-13-9-5-8-12(16)15(13)17-14(18)10-11-6-3-2-4-7-11/h2-9H,10,16H2,1H3. The fraction of sp³-hybridized carbons (Fsp3) is 0.133. The third-order valence-corrected chi connectivity index (χ3v) is 3.24. The summed E-state index contributed by atoms with van der Waals surface area (Å²) in [6, 6.07) is 16.3. The summed E-state index contributed by atoms with van der Waals surface area (Å²) in [5.41, 5.74) is 9.93. The van der Waals surface area contributed by atoms with Crippen LogP contribution < -0.4 is 5.73 Å². The lowest BCUT2D eigenvalue weighted by atomic mass is 10.1. The predicted octanol–water partition coefficient (Wildman–Crippen LogP) is 2.75. The number of anilines is 1. The van der Waals surface area contributed by atoms with E-state index in [4.69, 9.17) is 5.73 Å². The second kappa shape index (κ2) is 4.18. The predicted molar refractivity (Wildman–Crippen MR) is 74.4 cm³/mol. The number of nitrogens with zero attached hydrogens (tertiary/aromatic N) is 2. The van der Waals surface area contributed by atoms with Crippen LogP contribution in [0.3, 0.4) is 0 Å². The Morgan fingerprint density at radius 3 is 2.56 bits per heavy atom. The van der Waals surface area contributed by atoms with Gasteiger partial charge < -0.3 is 10.3 Å². The highest BCUT2D eigenvalue weighted by Crippen LogP contribution is 2.21. The van der Waals surface area contributed by atoms with Gasteiger partial charge in [-0.25, -0.2) is 4.98 Å². The molecule has 0 saturated heterocycles. The minimum atomic E-state index is 0.738. The van der Waals surface area contributed by atoms with Gasteiger partial charge in [-0.2, -0.15) is 0 Å². The van der Waals surface area contributed by atoms with E-state index in [1.165, 1.54) is 5.56 Å². The van der Waals surface area contributed by atoms with Crippen molar-refractivity contribution in [2.45, 2.75) is 6.42 Å². The Kier molecular flexibility index (Phi) is 2.52. The zero-order chi connectivity index (χ0) is 12.5. The second-order valence-corrected chi connectivity index (χ2v) is 4.46. The Morgan fingerprint density at radius 2 is 1.83 bits per heavy atom. The quantitative estimate of drug-likeness (QED) is 0.696. The van der Waals surface area contributed by atoms with Crippen molar-refractivity contribution in [3.63, 3.8) is 0 Å². The summed E-state index contributed by atoms with van der Waals surface area (Å²) < 4.78 is 2.11. The zero-order valence-corrected chi connectivity index (χ0v) is 10.3. The molecule has 0 aliphatic carbocycles. The first-order valence-electron chi connectivity index (χ1n) is 5.99. The molecule has 0 unspecified atom stereocenters. The lowest BCUT2D eigenvalue weighted by Gasteiger charge is -2.02. The highest BCUT2D eigenvalue weighted by Gasteiger charge is 2.09. The SMILES string of the molecule is Cn1c(Cc2ccccc2)nc2c(N)cccc21. The normalized spacial score (nSPS) is 10.9. The average molecular weight is 237 g/mol. The van der Waals surface area contributed by atoms with E-state index in [9.17, 15) is 0 Å². The van der Waals surface area contributed by atoms with Crippen molar-refractivity contribution in [2.75, 3.05) is 5.73 Å². The number of hydrogen-bond acceptors (Lipinski definition) is 2. The molecule has 1 aromatic heterocycles. The summed E-state index contributed by atoms with van der Waals surface area (Å²) in [6.07, 6.45) is 0.825. The Hall–Kier alpha value is -2.29. The van der Waals surface area contributed by atoms with Gasteiger partial charge in [0.25, 0.3) is 0 Å². The molecule has 0 radical (unpaired) electrons. The molecule has 0 atom stereocenters. The number of imidazole rings is 1. The molecule has 90 valence electrons. The van der Waals surface area contributed by atoms with E-state index in [0.717, 1.165) is 29.0 Å². The minimum absolute atomic E-state index is 0.738. The van der Waals surface area contributed by atoms with Crippen LogP contribution in [0.4, 0.5) is 5.69 Å². The van der Waals surface area contributed by atoms with Gasteiger partial charge in [0.1, 0.15) is 11.3 Å². The van der Waals surface area contributed by atoms with Gasteiger partial charge >= 0.3 is 0 Å². The Balaban J connectivity index is 2.08. The Morgan fingerprint density at radius 1 is 1.06 bits per heavy atom. The lowest BCUT2D eigenvalue weighted by molar-refractivity contribution is 0.845. The van der Waals surface area contributed by atoms with Crippen molar-refractivity contribution in [3.8, 4) is 0 Å². The maximum Gasteiger partial charge on any atom is 0.114 e. The fourth-order valence-corrected chi connectivity index (χ4v) is 2.22. The molecule has 18 heavy (non-hydrogen) atoms. The van der Waals surface area contributed by atoms with Gasteiger partial charge in [-0.15, -0.1) is 0 Å². The molecule has 3 nitrogen and oxygen atoms in total. The molecule has 0 aliphatic heterocycles. The van der Waals surface area contributed by atoms with Crippen LogP contribution in [0.15, 0.2) is 48.5 Å². The fourth-order valence-electron chi connectivity index (χ4n) is 2.22. The number of aryl methyl sites for hydroxylation is 1.